The van der Waals surface area contributed by atoms with Crippen LogP contribution in [0, 0.1) is 0 Å². The van der Waals surface area contributed by atoms with E-state index in [1.54, 1.807) is 0 Å². The van der Waals surface area contributed by atoms with E-state index in [1.807, 2.05) is 0 Å². The predicted octanol–water partition coefficient (Wildman–Crippen LogP) is 3.26. The fraction of sp³-hybridized carbons (Fsp3) is 0.676. The van der Waals surface area contributed by atoms with Crippen molar-refractivity contribution in [1.29, 1.82) is 0 Å². The third-order valence-corrected chi connectivity index (χ3v) is 13.8. The minimum Gasteiger partial charge on any atom is -0.455 e. The summed E-state index contributed by atoms with van der Waals surface area (Å²) in [5.41, 5.74) is 10.0. The highest BCUT2D eigenvalue weighted by Gasteiger charge is 2.54. The third kappa shape index (κ3) is 10.7. The summed E-state index contributed by atoms with van der Waals surface area (Å²) in [4.78, 5) is 71.4. The molecule has 3 aliphatic heterocycles. The minimum atomic E-state index is -4.44. The standard InChI is InChI=1S/C34H50N10O13P2S2/c1-2-3-4-5-6-7-8-9-10-11-12-13-20(45)55-26-25-19(54-32(26)44-17-38-22-28(44)40-34(36)42-30(22)48)15-52-58(49,60)56-24-18(14-51-59(50,61)57-25)53-31(23(24)46)43-16-37-21-27(43)39-33(35)41-29(21)47/h16-19,23-26,31-32,46H,2-15H2,1H3,(H,49,60)(H,50,61)(H3,35,39,41,47)(H3,36,40,42,48)/t18-,19+,23?,24?,25?,26?,31-,32+,58?,59?/m0/s1. The molecule has 3 saturated heterocycles. The Balaban J connectivity index is 1.10. The molecular weight excluding hydrogens is 883 g/mol. The molecule has 0 bridgehead atoms. The monoisotopic (exact) mass is 932 g/mol. The van der Waals surface area contributed by atoms with Gasteiger partial charge in [0.15, 0.2) is 40.9 Å². The first-order valence-corrected chi connectivity index (χ1v) is 25.4. The third-order valence-electron chi connectivity index (χ3n) is 10.6. The number of hydrogen-bond donors (Lipinski definition) is 7. The summed E-state index contributed by atoms with van der Waals surface area (Å²) in [7, 11) is 0. The van der Waals surface area contributed by atoms with Crippen molar-refractivity contribution in [3.05, 3.63) is 33.4 Å². The first-order chi connectivity index (χ1) is 29.1. The number of aromatic nitrogens is 8. The van der Waals surface area contributed by atoms with Gasteiger partial charge in [-0.2, -0.15) is 9.97 Å². The first kappa shape index (κ1) is 45.7. The van der Waals surface area contributed by atoms with Crippen molar-refractivity contribution >= 4 is 77.8 Å². The SMILES string of the molecule is CCCCCCCCCCCCCC(=O)OC1C2OP(O)(=S)OC[C@@H]3O[C@H](n4cnc5c(=O)[nH]c(N)nc54)C(O)C3OP(=O)(S)OC[C@H]2O[C@H]1n1cnc2c(=O)[nH]c(N)nc21. The highest BCUT2D eigenvalue weighted by atomic mass is 32.7. The maximum Gasteiger partial charge on any atom is 0.386 e. The Morgan fingerprint density at radius 1 is 0.852 bits per heavy atom. The quantitative estimate of drug-likeness (QED) is 0.0389. The average molecular weight is 933 g/mol. The van der Waals surface area contributed by atoms with Crippen molar-refractivity contribution in [2.75, 3.05) is 24.7 Å². The van der Waals surface area contributed by atoms with Crippen LogP contribution in [0.3, 0.4) is 0 Å². The molecule has 0 amide bonds. The van der Waals surface area contributed by atoms with E-state index in [1.165, 1.54) is 60.3 Å². The molecule has 4 aromatic heterocycles. The van der Waals surface area contributed by atoms with Gasteiger partial charge in [0.1, 0.15) is 30.5 Å². The fourth-order valence-electron chi connectivity index (χ4n) is 7.64. The number of thiol groups is 1. The van der Waals surface area contributed by atoms with Crippen LogP contribution < -0.4 is 22.6 Å². The molecule has 4 aromatic rings. The van der Waals surface area contributed by atoms with Crippen molar-refractivity contribution in [1.82, 2.24) is 39.0 Å². The van der Waals surface area contributed by atoms with Crippen LogP contribution in [-0.4, -0.2) is 105 Å². The van der Waals surface area contributed by atoms with Crippen LogP contribution >= 0.6 is 25.8 Å². The number of aromatic amines is 2. The summed E-state index contributed by atoms with van der Waals surface area (Å²) < 4.78 is 58.0. The van der Waals surface area contributed by atoms with E-state index in [0.29, 0.717) is 6.42 Å². The van der Waals surface area contributed by atoms with Gasteiger partial charge in [-0.25, -0.2) is 14.5 Å². The number of nitrogen functional groups attached to an aromatic ring is 2. The van der Waals surface area contributed by atoms with Crippen molar-refractivity contribution in [2.45, 2.75) is 133 Å². The number of hydrogen-bond acceptors (Lipinski definition) is 19. The zero-order chi connectivity index (χ0) is 43.5. The number of aliphatic hydroxyl groups excluding tert-OH is 1. The number of unbranched alkanes of at least 4 members (excludes halogenated alkanes) is 10. The molecule has 7 rings (SSSR count). The number of fused-ring (bicyclic) bond motifs is 4. The summed E-state index contributed by atoms with van der Waals surface area (Å²) in [6.45, 7) is -7.82. The number of nitrogens with two attached hydrogens (primary N) is 2. The summed E-state index contributed by atoms with van der Waals surface area (Å²) in [5.74, 6) is -1.08. The smallest absolute Gasteiger partial charge is 0.386 e. The number of aliphatic hydroxyl groups is 1. The number of esters is 1. The molecule has 61 heavy (non-hydrogen) atoms. The van der Waals surface area contributed by atoms with Crippen LogP contribution in [0.2, 0.25) is 0 Å². The Bertz CT molecular complexity index is 2400. The maximum absolute atomic E-state index is 13.9. The van der Waals surface area contributed by atoms with Gasteiger partial charge in [0.05, 0.1) is 25.9 Å². The number of carbonyl (C=O) groups is 1. The highest BCUT2D eigenvalue weighted by molar-refractivity contribution is 8.44. The number of nitrogens with one attached hydrogen (secondary N) is 2. The molecule has 0 radical (unpaired) electrons. The lowest BCUT2D eigenvalue weighted by Gasteiger charge is -2.30. The molecule has 3 aliphatic rings. The summed E-state index contributed by atoms with van der Waals surface area (Å²) in [6.07, 6.45) is 3.03. The Labute approximate surface area is 358 Å². The molecule has 23 nitrogen and oxygen atoms in total. The number of rotatable bonds is 15. The summed E-state index contributed by atoms with van der Waals surface area (Å²) in [5, 5.41) is 11.5. The number of H-pyrrole nitrogens is 2. The number of carbonyl (C=O) groups excluding carboxylic acids is 1. The van der Waals surface area contributed by atoms with Gasteiger partial charge < -0.3 is 40.2 Å². The summed E-state index contributed by atoms with van der Waals surface area (Å²) >= 11 is 9.61. The number of imidazole rings is 2. The average Bonchev–Trinajstić information content (AvgIpc) is 3.96. The zero-order valence-corrected chi connectivity index (χ0v) is 36.6. The minimum absolute atomic E-state index is 0.0274. The molecule has 0 spiro atoms. The van der Waals surface area contributed by atoms with Gasteiger partial charge in [0.25, 0.3) is 11.1 Å². The highest BCUT2D eigenvalue weighted by Crippen LogP contribution is 2.58. The van der Waals surface area contributed by atoms with Gasteiger partial charge in [0, 0.05) is 6.42 Å². The molecule has 10 atom stereocenters. The Morgan fingerprint density at radius 3 is 1.95 bits per heavy atom. The lowest BCUT2D eigenvalue weighted by atomic mass is 10.1. The van der Waals surface area contributed by atoms with E-state index in [9.17, 15) is 28.9 Å². The van der Waals surface area contributed by atoms with E-state index >= 15 is 0 Å². The lowest BCUT2D eigenvalue weighted by molar-refractivity contribution is -0.158. The van der Waals surface area contributed by atoms with E-state index in [-0.39, 0.29) is 40.6 Å². The van der Waals surface area contributed by atoms with Gasteiger partial charge in [-0.1, -0.05) is 83.4 Å². The predicted molar refractivity (Wildman–Crippen MR) is 225 cm³/mol. The second kappa shape index (κ2) is 19.6. The van der Waals surface area contributed by atoms with Crippen molar-refractivity contribution in [2.24, 2.45) is 0 Å². The number of ether oxygens (including phenoxy) is 3. The van der Waals surface area contributed by atoms with Crippen molar-refractivity contribution in [3.8, 4) is 0 Å². The Hall–Kier alpha value is -3.32. The molecule has 0 aliphatic carbocycles. The number of anilines is 2. The second-order valence-corrected chi connectivity index (χ2v) is 20.7. The van der Waals surface area contributed by atoms with Gasteiger partial charge >= 0.3 is 19.5 Å². The van der Waals surface area contributed by atoms with Crippen LogP contribution in [0.25, 0.3) is 22.3 Å². The topological polar surface area (TPSA) is 318 Å². The van der Waals surface area contributed by atoms with Gasteiger partial charge in [0.2, 0.25) is 11.9 Å². The van der Waals surface area contributed by atoms with E-state index in [0.717, 1.165) is 25.7 Å². The molecule has 0 aromatic carbocycles. The van der Waals surface area contributed by atoms with E-state index in [4.69, 9.17) is 55.6 Å². The number of nitrogens with zero attached hydrogens (tertiary/aromatic N) is 6. The second-order valence-electron chi connectivity index (χ2n) is 15.1. The maximum atomic E-state index is 13.9. The van der Waals surface area contributed by atoms with Crippen molar-refractivity contribution in [3.63, 3.8) is 0 Å². The summed E-state index contributed by atoms with van der Waals surface area (Å²) in [6, 6.07) is 0. The van der Waals surface area contributed by atoms with E-state index in [2.05, 4.69) is 49.1 Å². The van der Waals surface area contributed by atoms with Crippen LogP contribution in [0.5, 0.6) is 0 Å². The lowest BCUT2D eigenvalue weighted by Crippen LogP contribution is -2.40. The zero-order valence-electron chi connectivity index (χ0n) is 33.1. The molecule has 3 fully saturated rings. The van der Waals surface area contributed by atoms with Crippen LogP contribution in [0.1, 0.15) is 96.4 Å². The van der Waals surface area contributed by atoms with Crippen LogP contribution in [0.4, 0.5) is 11.9 Å². The van der Waals surface area contributed by atoms with Gasteiger partial charge in [-0.3, -0.25) is 47.1 Å². The molecular formula is C34H50N10O13P2S2. The van der Waals surface area contributed by atoms with Crippen LogP contribution in [0.15, 0.2) is 22.2 Å². The Morgan fingerprint density at radius 2 is 1.36 bits per heavy atom. The fourth-order valence-corrected chi connectivity index (χ4v) is 10.6. The van der Waals surface area contributed by atoms with Gasteiger partial charge in [-0.15, -0.1) is 0 Å². The van der Waals surface area contributed by atoms with Crippen molar-refractivity contribution < 1.29 is 51.7 Å². The Kier molecular flexibility index (Phi) is 14.7. The normalized spacial score (nSPS) is 30.8. The molecule has 336 valence electrons. The van der Waals surface area contributed by atoms with E-state index < -0.39 is 92.9 Å². The van der Waals surface area contributed by atoms with Crippen LogP contribution in [-0.2, 0) is 53.5 Å². The first-order valence-electron chi connectivity index (χ1n) is 20.1. The molecule has 7 heterocycles. The largest absolute Gasteiger partial charge is 0.455 e. The molecule has 8 N–H and O–H groups in total. The molecule has 0 saturated carbocycles. The molecule has 6 unspecified atom stereocenters. The van der Waals surface area contributed by atoms with Gasteiger partial charge in [-0.05, 0) is 18.2 Å². The molecule has 27 heteroatoms.